The standard InChI is InChI=1S/C20H19ClF4O5S/c21-12-1-2-14(30-19-18(29)17(28)16(27)15(8-26)31-19)10(6-12)3-9-4-11(20(23,24)25)7-13(22)5-9/h1-2,4-7,15-19,26-29H,3,8H2/t15-,16+,17-,18+,19-/m0/s1. The molecule has 0 unspecified atom stereocenters. The number of rotatable bonds is 5. The maximum absolute atomic E-state index is 13.8. The highest BCUT2D eigenvalue weighted by Gasteiger charge is 2.44. The summed E-state index contributed by atoms with van der Waals surface area (Å²) >= 11 is 6.91. The summed E-state index contributed by atoms with van der Waals surface area (Å²) in [5.74, 6) is -0.908. The molecule has 1 saturated heterocycles. The average molecular weight is 483 g/mol. The number of aliphatic hydroxyl groups excluding tert-OH is 4. The zero-order chi connectivity index (χ0) is 22.9. The molecule has 0 bridgehead atoms. The average Bonchev–Trinajstić information content (AvgIpc) is 2.69. The lowest BCUT2D eigenvalue weighted by molar-refractivity contribution is -0.137. The van der Waals surface area contributed by atoms with Crippen LogP contribution in [0.3, 0.4) is 0 Å². The van der Waals surface area contributed by atoms with Gasteiger partial charge in [-0.05, 0) is 42.0 Å². The van der Waals surface area contributed by atoms with Gasteiger partial charge in [-0.2, -0.15) is 13.2 Å². The van der Waals surface area contributed by atoms with Crippen molar-refractivity contribution in [2.75, 3.05) is 6.61 Å². The van der Waals surface area contributed by atoms with E-state index in [-0.39, 0.29) is 22.8 Å². The summed E-state index contributed by atoms with van der Waals surface area (Å²) in [6.45, 7) is -0.480. The van der Waals surface area contributed by atoms with E-state index in [9.17, 15) is 38.0 Å². The summed E-state index contributed by atoms with van der Waals surface area (Å²) in [4.78, 5) is 0. The van der Waals surface area contributed by atoms with Crippen LogP contribution in [-0.2, 0) is 12.6 Å². The van der Waals surface area contributed by atoms with Crippen LogP contribution in [0.2, 0.25) is 5.02 Å². The van der Waals surface area contributed by atoms with E-state index in [0.29, 0.717) is 11.6 Å². The SMILES string of the molecule is OC[C@@H]1S[C@H](Oc2ccc(Cl)cc2Cc2cc(F)cc(C(F)(F)F)c2)[C@H](O)[C@@H](O)[C@@H]1O. The molecule has 0 radical (unpaired) electrons. The molecule has 2 aromatic rings. The molecule has 0 aromatic heterocycles. The monoisotopic (exact) mass is 482 g/mol. The van der Waals surface area contributed by atoms with E-state index in [1.54, 1.807) is 0 Å². The Balaban J connectivity index is 1.89. The topological polar surface area (TPSA) is 90.2 Å². The Kier molecular flexibility index (Phi) is 7.39. The first-order valence-corrected chi connectivity index (χ1v) is 10.4. The van der Waals surface area contributed by atoms with Gasteiger partial charge in [-0.3, -0.25) is 0 Å². The first kappa shape index (κ1) is 24.1. The van der Waals surface area contributed by atoms with Gasteiger partial charge in [0.2, 0.25) is 0 Å². The number of halogens is 5. The summed E-state index contributed by atoms with van der Waals surface area (Å²) < 4.78 is 58.6. The molecule has 5 atom stereocenters. The predicted molar refractivity (Wildman–Crippen MR) is 107 cm³/mol. The van der Waals surface area contributed by atoms with Crippen LogP contribution in [0.25, 0.3) is 0 Å². The van der Waals surface area contributed by atoms with Gasteiger partial charge in [-0.15, -0.1) is 11.8 Å². The molecule has 5 nitrogen and oxygen atoms in total. The fraction of sp³-hybridized carbons (Fsp3) is 0.400. The number of thioether (sulfide) groups is 1. The molecule has 31 heavy (non-hydrogen) atoms. The zero-order valence-corrected chi connectivity index (χ0v) is 17.3. The Morgan fingerprint density at radius 3 is 2.35 bits per heavy atom. The third kappa shape index (κ3) is 5.63. The number of hydrogen-bond acceptors (Lipinski definition) is 6. The minimum atomic E-state index is -4.72. The summed E-state index contributed by atoms with van der Waals surface area (Å²) in [5.41, 5.74) is -1.87. The Morgan fingerprint density at radius 2 is 1.71 bits per heavy atom. The van der Waals surface area contributed by atoms with Crippen LogP contribution >= 0.6 is 23.4 Å². The second-order valence-electron chi connectivity index (χ2n) is 7.09. The van der Waals surface area contributed by atoms with Crippen LogP contribution in [0.5, 0.6) is 5.75 Å². The van der Waals surface area contributed by atoms with Crippen LogP contribution in [0, 0.1) is 5.82 Å². The molecular formula is C20H19ClF4O5S. The van der Waals surface area contributed by atoms with Crippen molar-refractivity contribution in [1.29, 1.82) is 0 Å². The van der Waals surface area contributed by atoms with Crippen LogP contribution in [0.4, 0.5) is 17.6 Å². The molecule has 1 fully saturated rings. The summed E-state index contributed by atoms with van der Waals surface area (Å²) in [7, 11) is 0. The highest BCUT2D eigenvalue weighted by molar-refractivity contribution is 8.00. The van der Waals surface area contributed by atoms with E-state index in [2.05, 4.69) is 0 Å². The molecule has 11 heteroatoms. The largest absolute Gasteiger partial charge is 0.477 e. The lowest BCUT2D eigenvalue weighted by atomic mass is 10.0. The van der Waals surface area contributed by atoms with Crippen molar-refractivity contribution in [3.63, 3.8) is 0 Å². The molecule has 1 aliphatic heterocycles. The molecular weight excluding hydrogens is 464 g/mol. The molecule has 170 valence electrons. The van der Waals surface area contributed by atoms with Crippen LogP contribution < -0.4 is 4.74 Å². The lowest BCUT2D eigenvalue weighted by Crippen LogP contribution is -2.55. The van der Waals surface area contributed by atoms with Gasteiger partial charge in [0.15, 0.2) is 5.44 Å². The summed E-state index contributed by atoms with van der Waals surface area (Å²) in [6, 6.07) is 6.51. The molecule has 1 heterocycles. The number of alkyl halides is 3. The van der Waals surface area contributed by atoms with E-state index in [4.69, 9.17) is 16.3 Å². The Hall–Kier alpha value is -1.56. The fourth-order valence-electron chi connectivity index (χ4n) is 3.23. The van der Waals surface area contributed by atoms with Crippen LogP contribution in [0.15, 0.2) is 36.4 Å². The van der Waals surface area contributed by atoms with Gasteiger partial charge in [0.25, 0.3) is 0 Å². The quantitative estimate of drug-likeness (QED) is 0.490. The Bertz CT molecular complexity index is 927. The number of aliphatic hydroxyl groups is 4. The second kappa shape index (κ2) is 9.51. The van der Waals surface area contributed by atoms with Gasteiger partial charge < -0.3 is 25.2 Å². The molecule has 4 N–H and O–H groups in total. The first-order chi connectivity index (χ1) is 14.5. The molecule has 1 aliphatic rings. The maximum Gasteiger partial charge on any atom is 0.416 e. The van der Waals surface area contributed by atoms with Crippen molar-refractivity contribution in [3.05, 3.63) is 63.9 Å². The smallest absolute Gasteiger partial charge is 0.416 e. The van der Waals surface area contributed by atoms with Crippen molar-refractivity contribution >= 4 is 23.4 Å². The van der Waals surface area contributed by atoms with Gasteiger partial charge in [-0.25, -0.2) is 4.39 Å². The summed E-state index contributed by atoms with van der Waals surface area (Å²) in [5, 5.41) is 39.0. The normalized spacial score (nSPS) is 26.7. The summed E-state index contributed by atoms with van der Waals surface area (Å²) in [6.07, 6.45) is -9.32. The maximum atomic E-state index is 13.8. The highest BCUT2D eigenvalue weighted by atomic mass is 35.5. The predicted octanol–water partition coefficient (Wildman–Crippen LogP) is 2.98. The van der Waals surface area contributed by atoms with Crippen molar-refractivity contribution in [3.8, 4) is 5.75 Å². The van der Waals surface area contributed by atoms with Crippen molar-refractivity contribution in [2.24, 2.45) is 0 Å². The molecule has 0 saturated carbocycles. The van der Waals surface area contributed by atoms with Gasteiger partial charge >= 0.3 is 6.18 Å². The minimum Gasteiger partial charge on any atom is -0.477 e. The van der Waals surface area contributed by atoms with Gasteiger partial charge in [0, 0.05) is 17.0 Å². The molecule has 0 spiro atoms. The Morgan fingerprint density at radius 1 is 1.00 bits per heavy atom. The van der Waals surface area contributed by atoms with Gasteiger partial charge in [-0.1, -0.05) is 11.6 Å². The van der Waals surface area contributed by atoms with Crippen LogP contribution in [-0.4, -0.2) is 56.0 Å². The lowest BCUT2D eigenvalue weighted by Gasteiger charge is -2.39. The second-order valence-corrected chi connectivity index (χ2v) is 8.87. The van der Waals surface area contributed by atoms with E-state index in [1.807, 2.05) is 0 Å². The highest BCUT2D eigenvalue weighted by Crippen LogP contribution is 2.37. The van der Waals surface area contributed by atoms with Crippen molar-refractivity contribution < 1.29 is 42.7 Å². The molecule has 0 amide bonds. The van der Waals surface area contributed by atoms with Gasteiger partial charge in [0.05, 0.1) is 23.5 Å². The number of hydrogen-bond donors (Lipinski definition) is 4. The number of benzene rings is 2. The molecule has 3 rings (SSSR count). The number of ether oxygens (including phenoxy) is 1. The van der Waals surface area contributed by atoms with Crippen molar-refractivity contribution in [2.45, 2.75) is 41.6 Å². The minimum absolute atomic E-state index is 0.0278. The van der Waals surface area contributed by atoms with Gasteiger partial charge in [0.1, 0.15) is 23.8 Å². The van der Waals surface area contributed by atoms with E-state index in [0.717, 1.165) is 23.9 Å². The van der Waals surface area contributed by atoms with Crippen LogP contribution in [0.1, 0.15) is 16.7 Å². The Labute approximate surface area is 184 Å². The first-order valence-electron chi connectivity index (χ1n) is 9.12. The zero-order valence-electron chi connectivity index (χ0n) is 15.8. The van der Waals surface area contributed by atoms with E-state index >= 15 is 0 Å². The fourth-order valence-corrected chi connectivity index (χ4v) is 4.66. The van der Waals surface area contributed by atoms with E-state index in [1.165, 1.54) is 18.2 Å². The van der Waals surface area contributed by atoms with Crippen molar-refractivity contribution in [1.82, 2.24) is 0 Å². The molecule has 2 aromatic carbocycles. The molecule has 0 aliphatic carbocycles. The van der Waals surface area contributed by atoms with E-state index < -0.39 is 53.2 Å². The third-order valence-corrected chi connectivity index (χ3v) is 6.45. The third-order valence-electron chi connectivity index (χ3n) is 4.79.